The lowest BCUT2D eigenvalue weighted by Gasteiger charge is -2.19. The summed E-state index contributed by atoms with van der Waals surface area (Å²) >= 11 is 0. The third-order valence-corrected chi connectivity index (χ3v) is 2.63. The third-order valence-electron chi connectivity index (χ3n) is 2.63. The van der Waals surface area contributed by atoms with Gasteiger partial charge < -0.3 is 5.11 Å². The first-order valence-corrected chi connectivity index (χ1v) is 5.49. The van der Waals surface area contributed by atoms with Crippen molar-refractivity contribution < 1.29 is 5.11 Å². The standard InChI is InChI=1S/C12H20O/c1-2-3-6-9-12(13)10-7-4-5-8-11-12/h13H,2-5,7-8,10-11H2,1H3. The van der Waals surface area contributed by atoms with E-state index in [-0.39, 0.29) is 0 Å². The van der Waals surface area contributed by atoms with Crippen molar-refractivity contribution in [3.63, 3.8) is 0 Å². The van der Waals surface area contributed by atoms with E-state index in [1.54, 1.807) is 0 Å². The molecular formula is C12H20O. The molecule has 0 aromatic heterocycles. The molecule has 1 heteroatoms. The molecule has 0 amide bonds. The van der Waals surface area contributed by atoms with Gasteiger partial charge in [-0.1, -0.05) is 25.7 Å². The lowest BCUT2D eigenvalue weighted by atomic mass is 9.95. The van der Waals surface area contributed by atoms with Crippen molar-refractivity contribution in [2.45, 2.75) is 63.9 Å². The van der Waals surface area contributed by atoms with Crippen LogP contribution in [0.2, 0.25) is 0 Å². The number of aliphatic hydroxyl groups is 1. The van der Waals surface area contributed by atoms with Gasteiger partial charge in [0.05, 0.1) is 0 Å². The zero-order valence-corrected chi connectivity index (χ0v) is 8.60. The monoisotopic (exact) mass is 180 g/mol. The van der Waals surface area contributed by atoms with Crippen molar-refractivity contribution in [3.05, 3.63) is 0 Å². The van der Waals surface area contributed by atoms with Crippen LogP contribution in [0.4, 0.5) is 0 Å². The van der Waals surface area contributed by atoms with Crippen LogP contribution in [0.3, 0.4) is 0 Å². The Labute approximate surface area is 81.5 Å². The summed E-state index contributed by atoms with van der Waals surface area (Å²) in [6.07, 6.45) is 8.56. The van der Waals surface area contributed by atoms with E-state index in [0.29, 0.717) is 0 Å². The predicted molar refractivity (Wildman–Crippen MR) is 55.3 cm³/mol. The molecule has 0 aliphatic heterocycles. The van der Waals surface area contributed by atoms with Crippen molar-refractivity contribution in [1.82, 2.24) is 0 Å². The second-order valence-corrected chi connectivity index (χ2v) is 4.00. The summed E-state index contributed by atoms with van der Waals surface area (Å²) in [7, 11) is 0. The predicted octanol–water partition coefficient (Wildman–Crippen LogP) is 2.88. The quantitative estimate of drug-likeness (QED) is 0.486. The van der Waals surface area contributed by atoms with Gasteiger partial charge in [-0.2, -0.15) is 0 Å². The second kappa shape index (κ2) is 5.29. The van der Waals surface area contributed by atoms with Crippen LogP contribution in [0.1, 0.15) is 58.3 Å². The molecule has 1 aliphatic rings. The van der Waals surface area contributed by atoms with E-state index in [1.807, 2.05) is 0 Å². The summed E-state index contributed by atoms with van der Waals surface area (Å²) in [5.41, 5.74) is -0.647. The summed E-state index contributed by atoms with van der Waals surface area (Å²) < 4.78 is 0. The topological polar surface area (TPSA) is 20.2 Å². The molecule has 0 aromatic rings. The average Bonchev–Trinajstić information content (AvgIpc) is 2.31. The van der Waals surface area contributed by atoms with Crippen molar-refractivity contribution in [2.75, 3.05) is 0 Å². The molecule has 0 spiro atoms. The fourth-order valence-electron chi connectivity index (χ4n) is 1.79. The molecule has 0 unspecified atom stereocenters. The Morgan fingerprint density at radius 2 is 1.77 bits per heavy atom. The van der Waals surface area contributed by atoms with Gasteiger partial charge in [-0.15, -0.1) is 5.92 Å². The fraction of sp³-hybridized carbons (Fsp3) is 0.833. The van der Waals surface area contributed by atoms with E-state index in [4.69, 9.17) is 0 Å². The molecule has 0 aromatic carbocycles. The maximum Gasteiger partial charge on any atom is 0.125 e. The fourth-order valence-corrected chi connectivity index (χ4v) is 1.79. The minimum absolute atomic E-state index is 0.647. The van der Waals surface area contributed by atoms with Gasteiger partial charge in [0.25, 0.3) is 0 Å². The van der Waals surface area contributed by atoms with Crippen molar-refractivity contribution in [2.24, 2.45) is 0 Å². The van der Waals surface area contributed by atoms with Crippen molar-refractivity contribution >= 4 is 0 Å². The average molecular weight is 180 g/mol. The lowest BCUT2D eigenvalue weighted by molar-refractivity contribution is 0.0848. The van der Waals surface area contributed by atoms with Crippen LogP contribution in [-0.4, -0.2) is 10.7 Å². The Hall–Kier alpha value is -0.480. The third kappa shape index (κ3) is 3.83. The molecule has 1 nitrogen and oxygen atoms in total. The maximum absolute atomic E-state index is 10.1. The van der Waals surface area contributed by atoms with Crippen molar-refractivity contribution in [1.29, 1.82) is 0 Å². The van der Waals surface area contributed by atoms with E-state index in [1.165, 1.54) is 12.8 Å². The number of hydrogen-bond donors (Lipinski definition) is 1. The Morgan fingerprint density at radius 3 is 2.31 bits per heavy atom. The molecule has 0 bridgehead atoms. The SMILES string of the molecule is CCCC#CC1(O)CCCCCC1. The molecule has 0 saturated heterocycles. The lowest BCUT2D eigenvalue weighted by Crippen LogP contribution is -2.25. The summed E-state index contributed by atoms with van der Waals surface area (Å²) in [5.74, 6) is 6.12. The minimum atomic E-state index is -0.647. The van der Waals surface area contributed by atoms with Crippen LogP contribution >= 0.6 is 0 Å². The first kappa shape index (κ1) is 10.6. The van der Waals surface area contributed by atoms with Crippen LogP contribution in [0.25, 0.3) is 0 Å². The molecule has 1 aliphatic carbocycles. The largest absolute Gasteiger partial charge is 0.378 e. The molecule has 1 fully saturated rings. The van der Waals surface area contributed by atoms with E-state index in [0.717, 1.165) is 38.5 Å². The van der Waals surface area contributed by atoms with E-state index >= 15 is 0 Å². The highest BCUT2D eigenvalue weighted by Gasteiger charge is 2.24. The summed E-state index contributed by atoms with van der Waals surface area (Å²) in [4.78, 5) is 0. The highest BCUT2D eigenvalue weighted by atomic mass is 16.3. The molecule has 1 saturated carbocycles. The number of rotatable bonds is 1. The number of unbranched alkanes of at least 4 members (excludes halogenated alkanes) is 1. The van der Waals surface area contributed by atoms with Gasteiger partial charge in [0, 0.05) is 6.42 Å². The summed E-state index contributed by atoms with van der Waals surface area (Å²) in [6.45, 7) is 2.12. The van der Waals surface area contributed by atoms with Gasteiger partial charge in [-0.3, -0.25) is 0 Å². The first-order valence-electron chi connectivity index (χ1n) is 5.49. The zero-order chi connectivity index (χ0) is 9.57. The van der Waals surface area contributed by atoms with Gasteiger partial charge in [0.1, 0.15) is 5.60 Å². The molecule has 0 atom stereocenters. The molecule has 0 heterocycles. The highest BCUT2D eigenvalue weighted by molar-refractivity contribution is 5.13. The van der Waals surface area contributed by atoms with Crippen LogP contribution < -0.4 is 0 Å². The Morgan fingerprint density at radius 1 is 1.15 bits per heavy atom. The van der Waals surface area contributed by atoms with Gasteiger partial charge in [0.2, 0.25) is 0 Å². The van der Waals surface area contributed by atoms with E-state index in [9.17, 15) is 5.11 Å². The second-order valence-electron chi connectivity index (χ2n) is 4.00. The highest BCUT2D eigenvalue weighted by Crippen LogP contribution is 2.26. The van der Waals surface area contributed by atoms with Gasteiger partial charge in [0.15, 0.2) is 0 Å². The maximum atomic E-state index is 10.1. The molecular weight excluding hydrogens is 160 g/mol. The molecule has 74 valence electrons. The normalized spacial score (nSPS) is 21.4. The van der Waals surface area contributed by atoms with Gasteiger partial charge >= 0.3 is 0 Å². The Bertz CT molecular complexity index is 189. The van der Waals surface area contributed by atoms with E-state index < -0.39 is 5.60 Å². The smallest absolute Gasteiger partial charge is 0.125 e. The van der Waals surface area contributed by atoms with Gasteiger partial charge in [-0.05, 0) is 32.1 Å². The number of hydrogen-bond acceptors (Lipinski definition) is 1. The van der Waals surface area contributed by atoms with Crippen LogP contribution in [0, 0.1) is 11.8 Å². The Balaban J connectivity index is 2.47. The molecule has 1 rings (SSSR count). The summed E-state index contributed by atoms with van der Waals surface area (Å²) in [5, 5.41) is 10.1. The van der Waals surface area contributed by atoms with Crippen molar-refractivity contribution in [3.8, 4) is 11.8 Å². The van der Waals surface area contributed by atoms with Crippen LogP contribution in [0.15, 0.2) is 0 Å². The molecule has 1 N–H and O–H groups in total. The molecule has 13 heavy (non-hydrogen) atoms. The summed E-state index contributed by atoms with van der Waals surface area (Å²) in [6, 6.07) is 0. The van der Waals surface area contributed by atoms with E-state index in [2.05, 4.69) is 18.8 Å². The zero-order valence-electron chi connectivity index (χ0n) is 8.60. The van der Waals surface area contributed by atoms with Crippen LogP contribution in [0.5, 0.6) is 0 Å². The van der Waals surface area contributed by atoms with Crippen LogP contribution in [-0.2, 0) is 0 Å². The minimum Gasteiger partial charge on any atom is -0.378 e. The Kier molecular flexibility index (Phi) is 4.32. The first-order chi connectivity index (χ1) is 6.27. The van der Waals surface area contributed by atoms with Gasteiger partial charge in [-0.25, -0.2) is 0 Å². The molecule has 0 radical (unpaired) electrons.